The molecule has 3 N–H and O–H groups in total. The maximum absolute atomic E-state index is 11.7. The number of hydrogen-bond acceptors (Lipinski definition) is 4. The predicted molar refractivity (Wildman–Crippen MR) is 97.1 cm³/mol. The number of nitrogens with one attached hydrogen (secondary N) is 1. The molecule has 2 rings (SSSR count). The van der Waals surface area contributed by atoms with Crippen LogP contribution in [0.1, 0.15) is 18.1 Å². The number of amides is 1. The number of halogens is 2. The van der Waals surface area contributed by atoms with Crippen molar-refractivity contribution in [1.29, 1.82) is 0 Å². The largest absolute Gasteiger partial charge is 0.379 e. The van der Waals surface area contributed by atoms with Crippen molar-refractivity contribution in [2.24, 2.45) is 11.7 Å². The van der Waals surface area contributed by atoms with Crippen molar-refractivity contribution in [3.63, 3.8) is 0 Å². The third-order valence-electron chi connectivity index (χ3n) is 3.77. The van der Waals surface area contributed by atoms with Crippen LogP contribution in [-0.2, 0) is 22.6 Å². The van der Waals surface area contributed by atoms with Gasteiger partial charge in [-0.2, -0.15) is 0 Å². The second-order valence-corrected chi connectivity index (χ2v) is 5.56. The first-order chi connectivity index (χ1) is 10.2. The molecule has 1 aromatic carbocycles. The normalized spacial score (nSPS) is 15.9. The molecule has 0 aliphatic carbocycles. The summed E-state index contributed by atoms with van der Waals surface area (Å²) in [5, 5.41) is 2.93. The van der Waals surface area contributed by atoms with Gasteiger partial charge in [-0.25, -0.2) is 0 Å². The lowest BCUT2D eigenvalue weighted by Gasteiger charge is -2.26. The fourth-order valence-electron chi connectivity index (χ4n) is 2.33. The van der Waals surface area contributed by atoms with Crippen LogP contribution in [0.25, 0.3) is 0 Å². The van der Waals surface area contributed by atoms with Crippen molar-refractivity contribution in [2.45, 2.75) is 20.0 Å². The summed E-state index contributed by atoms with van der Waals surface area (Å²) in [7, 11) is 0. The average Bonchev–Trinajstić information content (AvgIpc) is 2.53. The Bertz CT molecular complexity index is 468. The van der Waals surface area contributed by atoms with E-state index in [1.54, 1.807) is 0 Å². The van der Waals surface area contributed by atoms with E-state index in [0.29, 0.717) is 13.1 Å². The molecule has 1 aliphatic heterocycles. The lowest BCUT2D eigenvalue weighted by molar-refractivity contribution is -0.124. The number of benzene rings is 1. The molecule has 1 amide bonds. The first-order valence-corrected chi connectivity index (χ1v) is 7.54. The van der Waals surface area contributed by atoms with Gasteiger partial charge in [0.2, 0.25) is 5.91 Å². The highest BCUT2D eigenvalue weighted by molar-refractivity contribution is 5.85. The standard InChI is InChI=1S/C16H25N3O2.2ClH/c1-13(10-17)16(20)18-11-14-3-2-4-15(9-14)12-19-5-7-21-8-6-19;;/h2-4,9,13H,5-8,10-12,17H2,1H3,(H,18,20);2*1H. The Hall–Kier alpha value is -0.850. The number of nitrogens with two attached hydrogens (primary N) is 1. The number of morpholine rings is 1. The zero-order valence-electron chi connectivity index (χ0n) is 13.5. The molecule has 1 fully saturated rings. The van der Waals surface area contributed by atoms with Crippen molar-refractivity contribution in [3.05, 3.63) is 35.4 Å². The molecule has 1 aromatic rings. The van der Waals surface area contributed by atoms with Gasteiger partial charge in [0.15, 0.2) is 0 Å². The first-order valence-electron chi connectivity index (χ1n) is 7.54. The number of rotatable bonds is 6. The van der Waals surface area contributed by atoms with Crippen LogP contribution in [0, 0.1) is 5.92 Å². The molecular weight excluding hydrogens is 337 g/mol. The van der Waals surface area contributed by atoms with Gasteiger partial charge in [0, 0.05) is 38.6 Å². The third-order valence-corrected chi connectivity index (χ3v) is 3.77. The monoisotopic (exact) mass is 363 g/mol. The van der Waals surface area contributed by atoms with Crippen LogP contribution in [0.3, 0.4) is 0 Å². The smallest absolute Gasteiger partial charge is 0.224 e. The van der Waals surface area contributed by atoms with Crippen molar-refractivity contribution in [1.82, 2.24) is 10.2 Å². The molecule has 1 atom stereocenters. The second kappa shape index (κ2) is 11.6. The maximum Gasteiger partial charge on any atom is 0.224 e. The number of nitrogens with zero attached hydrogens (tertiary/aromatic N) is 1. The summed E-state index contributed by atoms with van der Waals surface area (Å²) in [5.41, 5.74) is 7.89. The number of ether oxygens (including phenoxy) is 1. The van der Waals surface area contributed by atoms with E-state index in [1.807, 2.05) is 19.1 Å². The molecule has 0 aromatic heterocycles. The highest BCUT2D eigenvalue weighted by Crippen LogP contribution is 2.10. The summed E-state index contributed by atoms with van der Waals surface area (Å²) in [6.07, 6.45) is 0. The van der Waals surface area contributed by atoms with Gasteiger partial charge in [-0.15, -0.1) is 24.8 Å². The molecule has 23 heavy (non-hydrogen) atoms. The van der Waals surface area contributed by atoms with Crippen LogP contribution in [0.5, 0.6) is 0 Å². The molecule has 132 valence electrons. The molecule has 0 saturated carbocycles. The predicted octanol–water partition coefficient (Wildman–Crippen LogP) is 1.57. The number of carbonyl (C=O) groups is 1. The Morgan fingerprint density at radius 1 is 1.30 bits per heavy atom. The van der Waals surface area contributed by atoms with E-state index in [-0.39, 0.29) is 36.6 Å². The minimum Gasteiger partial charge on any atom is -0.379 e. The number of carbonyl (C=O) groups excluding carboxylic acids is 1. The highest BCUT2D eigenvalue weighted by atomic mass is 35.5. The summed E-state index contributed by atoms with van der Waals surface area (Å²) in [5.74, 6) is -0.127. The third kappa shape index (κ3) is 7.50. The fourth-order valence-corrected chi connectivity index (χ4v) is 2.33. The van der Waals surface area contributed by atoms with Crippen LogP contribution >= 0.6 is 24.8 Å². The SMILES string of the molecule is CC(CN)C(=O)NCc1cccc(CN2CCOCC2)c1.Cl.Cl. The van der Waals surface area contributed by atoms with Crippen LogP contribution < -0.4 is 11.1 Å². The van der Waals surface area contributed by atoms with Gasteiger partial charge in [0.05, 0.1) is 13.2 Å². The molecule has 1 aliphatic rings. The van der Waals surface area contributed by atoms with Gasteiger partial charge in [0.1, 0.15) is 0 Å². The average molecular weight is 364 g/mol. The van der Waals surface area contributed by atoms with E-state index in [1.165, 1.54) is 5.56 Å². The Morgan fingerprint density at radius 3 is 2.61 bits per heavy atom. The second-order valence-electron chi connectivity index (χ2n) is 5.56. The zero-order valence-corrected chi connectivity index (χ0v) is 15.1. The number of hydrogen-bond donors (Lipinski definition) is 2. The minimum absolute atomic E-state index is 0. The van der Waals surface area contributed by atoms with Gasteiger partial charge in [-0.3, -0.25) is 9.69 Å². The summed E-state index contributed by atoms with van der Waals surface area (Å²) in [6.45, 7) is 7.29. The van der Waals surface area contributed by atoms with E-state index in [2.05, 4.69) is 22.3 Å². The van der Waals surface area contributed by atoms with Crippen LogP contribution in [0.2, 0.25) is 0 Å². The topological polar surface area (TPSA) is 67.6 Å². The van der Waals surface area contributed by atoms with Crippen molar-refractivity contribution in [3.8, 4) is 0 Å². The summed E-state index contributed by atoms with van der Waals surface area (Å²) < 4.78 is 5.36. The van der Waals surface area contributed by atoms with Gasteiger partial charge in [-0.05, 0) is 11.1 Å². The molecule has 1 heterocycles. The van der Waals surface area contributed by atoms with E-state index >= 15 is 0 Å². The van der Waals surface area contributed by atoms with Gasteiger partial charge in [-0.1, -0.05) is 31.2 Å². The molecule has 0 bridgehead atoms. The molecule has 0 radical (unpaired) electrons. The first kappa shape index (κ1) is 22.1. The summed E-state index contributed by atoms with van der Waals surface area (Å²) in [4.78, 5) is 14.1. The lowest BCUT2D eigenvalue weighted by Crippen LogP contribution is -2.35. The van der Waals surface area contributed by atoms with E-state index in [9.17, 15) is 4.79 Å². The fraction of sp³-hybridized carbons (Fsp3) is 0.562. The molecule has 7 heteroatoms. The van der Waals surface area contributed by atoms with Gasteiger partial charge in [0.25, 0.3) is 0 Å². The molecule has 1 saturated heterocycles. The van der Waals surface area contributed by atoms with Crippen molar-refractivity contribution in [2.75, 3.05) is 32.8 Å². The summed E-state index contributed by atoms with van der Waals surface area (Å²) >= 11 is 0. The zero-order chi connectivity index (χ0) is 15.1. The van der Waals surface area contributed by atoms with Gasteiger partial charge >= 0.3 is 0 Å². The van der Waals surface area contributed by atoms with Gasteiger partial charge < -0.3 is 15.8 Å². The quantitative estimate of drug-likeness (QED) is 0.804. The van der Waals surface area contributed by atoms with Crippen LogP contribution in [-0.4, -0.2) is 43.7 Å². The van der Waals surface area contributed by atoms with Crippen LogP contribution in [0.4, 0.5) is 0 Å². The van der Waals surface area contributed by atoms with E-state index in [0.717, 1.165) is 38.4 Å². The molecule has 5 nitrogen and oxygen atoms in total. The van der Waals surface area contributed by atoms with Crippen molar-refractivity contribution < 1.29 is 9.53 Å². The van der Waals surface area contributed by atoms with Crippen LogP contribution in [0.15, 0.2) is 24.3 Å². The minimum atomic E-state index is -0.137. The lowest BCUT2D eigenvalue weighted by atomic mass is 10.1. The Balaban J connectivity index is 0.00000242. The maximum atomic E-state index is 11.7. The molecule has 1 unspecified atom stereocenters. The van der Waals surface area contributed by atoms with E-state index in [4.69, 9.17) is 10.5 Å². The molecular formula is C16H27Cl2N3O2. The molecule has 0 spiro atoms. The van der Waals surface area contributed by atoms with Crippen molar-refractivity contribution >= 4 is 30.7 Å². The summed E-state index contributed by atoms with van der Waals surface area (Å²) in [6, 6.07) is 8.37. The van der Waals surface area contributed by atoms with E-state index < -0.39 is 0 Å². The Kier molecular flexibility index (Phi) is 11.2. The highest BCUT2D eigenvalue weighted by Gasteiger charge is 2.12. The Morgan fingerprint density at radius 2 is 1.96 bits per heavy atom. The Labute approximate surface area is 150 Å².